The molecule has 2 rings (SSSR count). The summed E-state index contributed by atoms with van der Waals surface area (Å²) in [6, 6.07) is 5.11. The lowest BCUT2D eigenvalue weighted by atomic mass is 9.89. The van der Waals surface area contributed by atoms with Gasteiger partial charge in [0.15, 0.2) is 0 Å². The summed E-state index contributed by atoms with van der Waals surface area (Å²) in [7, 11) is 1.34. The minimum absolute atomic E-state index is 0.275. The molecule has 1 aromatic carbocycles. The molecule has 0 saturated carbocycles. The Kier molecular flexibility index (Phi) is 2.69. The molecular formula is C12H14O4. The third-order valence-electron chi connectivity index (χ3n) is 2.75. The Morgan fingerprint density at radius 3 is 3.00 bits per heavy atom. The zero-order chi connectivity index (χ0) is 11.8. The maximum absolute atomic E-state index is 11.3. The molecule has 0 amide bonds. The van der Waals surface area contributed by atoms with Gasteiger partial charge in [0.25, 0.3) is 0 Å². The number of benzene rings is 1. The van der Waals surface area contributed by atoms with E-state index >= 15 is 0 Å². The van der Waals surface area contributed by atoms with Gasteiger partial charge < -0.3 is 14.6 Å². The van der Waals surface area contributed by atoms with Crippen LogP contribution in [0.3, 0.4) is 0 Å². The molecule has 0 aromatic heterocycles. The van der Waals surface area contributed by atoms with Gasteiger partial charge in [0.1, 0.15) is 5.60 Å². The fourth-order valence-electron chi connectivity index (χ4n) is 1.92. The molecular weight excluding hydrogens is 208 g/mol. The molecule has 1 aromatic rings. The third-order valence-corrected chi connectivity index (χ3v) is 2.75. The molecule has 1 aliphatic heterocycles. The summed E-state index contributed by atoms with van der Waals surface area (Å²) in [6.07, 6.45) is 0. The highest BCUT2D eigenvalue weighted by Crippen LogP contribution is 2.30. The summed E-state index contributed by atoms with van der Waals surface area (Å²) >= 11 is 0. The van der Waals surface area contributed by atoms with Gasteiger partial charge in [0.2, 0.25) is 0 Å². The van der Waals surface area contributed by atoms with Gasteiger partial charge in [-0.1, -0.05) is 6.07 Å². The van der Waals surface area contributed by atoms with Crippen molar-refractivity contribution in [1.82, 2.24) is 0 Å². The van der Waals surface area contributed by atoms with E-state index in [4.69, 9.17) is 4.74 Å². The Hall–Kier alpha value is -1.39. The maximum Gasteiger partial charge on any atom is 0.337 e. The van der Waals surface area contributed by atoms with E-state index < -0.39 is 5.60 Å². The Morgan fingerprint density at radius 2 is 2.31 bits per heavy atom. The Bertz CT molecular complexity index is 423. The van der Waals surface area contributed by atoms with E-state index in [1.807, 2.05) is 0 Å². The number of aliphatic hydroxyl groups is 1. The lowest BCUT2D eigenvalue weighted by Gasteiger charge is -2.31. The van der Waals surface area contributed by atoms with E-state index in [1.165, 1.54) is 7.11 Å². The molecule has 1 heterocycles. The van der Waals surface area contributed by atoms with Crippen molar-refractivity contribution >= 4 is 5.97 Å². The predicted molar refractivity (Wildman–Crippen MR) is 57.0 cm³/mol. The van der Waals surface area contributed by atoms with Crippen LogP contribution in [0.4, 0.5) is 0 Å². The number of rotatable bonds is 1. The highest BCUT2D eigenvalue weighted by atomic mass is 16.5. The Balaban J connectivity index is 2.43. The minimum Gasteiger partial charge on any atom is -0.465 e. The van der Waals surface area contributed by atoms with Crippen LogP contribution in [-0.4, -0.2) is 24.8 Å². The van der Waals surface area contributed by atoms with Crippen molar-refractivity contribution in [3.05, 3.63) is 34.9 Å². The largest absolute Gasteiger partial charge is 0.465 e. The van der Waals surface area contributed by atoms with Gasteiger partial charge in [-0.15, -0.1) is 0 Å². The molecule has 4 nitrogen and oxygen atoms in total. The fraction of sp³-hybridized carbons (Fsp3) is 0.417. The summed E-state index contributed by atoms with van der Waals surface area (Å²) in [5, 5.41) is 10.1. The standard InChI is InChI=1S/C12H14O4/c1-12(14)7-16-6-9-5-8(11(13)15-2)3-4-10(9)12/h3-5,14H,6-7H2,1-2H3/t12-/m0/s1. The lowest BCUT2D eigenvalue weighted by molar-refractivity contribution is -0.0603. The first kappa shape index (κ1) is 11.1. The molecule has 86 valence electrons. The van der Waals surface area contributed by atoms with Crippen molar-refractivity contribution in [2.24, 2.45) is 0 Å². The van der Waals surface area contributed by atoms with Crippen molar-refractivity contribution in [1.29, 1.82) is 0 Å². The molecule has 0 bridgehead atoms. The molecule has 0 radical (unpaired) electrons. The highest BCUT2D eigenvalue weighted by molar-refractivity contribution is 5.89. The maximum atomic E-state index is 11.3. The zero-order valence-corrected chi connectivity index (χ0v) is 9.32. The smallest absolute Gasteiger partial charge is 0.337 e. The molecule has 0 fully saturated rings. The van der Waals surface area contributed by atoms with Crippen molar-refractivity contribution in [3.63, 3.8) is 0 Å². The molecule has 0 spiro atoms. The third kappa shape index (κ3) is 1.81. The first-order valence-electron chi connectivity index (χ1n) is 5.06. The quantitative estimate of drug-likeness (QED) is 0.726. The van der Waals surface area contributed by atoms with Crippen molar-refractivity contribution < 1.29 is 19.4 Å². The van der Waals surface area contributed by atoms with E-state index in [0.717, 1.165) is 11.1 Å². The first-order valence-corrected chi connectivity index (χ1v) is 5.06. The van der Waals surface area contributed by atoms with Crippen LogP contribution in [0.15, 0.2) is 18.2 Å². The van der Waals surface area contributed by atoms with E-state index in [9.17, 15) is 9.90 Å². The summed E-state index contributed by atoms with van der Waals surface area (Å²) in [5.74, 6) is -0.381. The summed E-state index contributed by atoms with van der Waals surface area (Å²) in [5.41, 5.74) is 1.13. The van der Waals surface area contributed by atoms with E-state index in [0.29, 0.717) is 12.2 Å². The number of hydrogen-bond acceptors (Lipinski definition) is 4. The Labute approximate surface area is 93.8 Å². The number of methoxy groups -OCH3 is 1. The molecule has 16 heavy (non-hydrogen) atoms. The van der Waals surface area contributed by atoms with Crippen LogP contribution in [0.5, 0.6) is 0 Å². The van der Waals surface area contributed by atoms with Gasteiger partial charge >= 0.3 is 5.97 Å². The van der Waals surface area contributed by atoms with Crippen molar-refractivity contribution in [2.75, 3.05) is 13.7 Å². The summed E-state index contributed by atoms with van der Waals surface area (Å²) in [6.45, 7) is 2.39. The van der Waals surface area contributed by atoms with Gasteiger partial charge in [-0.25, -0.2) is 4.79 Å². The van der Waals surface area contributed by atoms with Crippen molar-refractivity contribution in [2.45, 2.75) is 19.1 Å². The van der Waals surface area contributed by atoms with Crippen LogP contribution >= 0.6 is 0 Å². The minimum atomic E-state index is -0.984. The zero-order valence-electron chi connectivity index (χ0n) is 9.32. The van der Waals surface area contributed by atoms with Crippen molar-refractivity contribution in [3.8, 4) is 0 Å². The number of ether oxygens (including phenoxy) is 2. The van der Waals surface area contributed by atoms with Crippen LogP contribution < -0.4 is 0 Å². The second-order valence-corrected chi connectivity index (χ2v) is 4.13. The number of hydrogen-bond donors (Lipinski definition) is 1. The molecule has 0 aliphatic carbocycles. The van der Waals surface area contributed by atoms with Crippen LogP contribution in [0.2, 0.25) is 0 Å². The second kappa shape index (κ2) is 3.88. The van der Waals surface area contributed by atoms with Crippen LogP contribution in [0.1, 0.15) is 28.4 Å². The summed E-state index contributed by atoms with van der Waals surface area (Å²) < 4.78 is 9.91. The monoisotopic (exact) mass is 222 g/mol. The van der Waals surface area contributed by atoms with Crippen LogP contribution in [0, 0.1) is 0 Å². The van der Waals surface area contributed by atoms with E-state index in [1.54, 1.807) is 25.1 Å². The van der Waals surface area contributed by atoms with Crippen LogP contribution in [-0.2, 0) is 21.7 Å². The number of carbonyl (C=O) groups excluding carboxylic acids is 1. The van der Waals surface area contributed by atoms with Gasteiger partial charge in [-0.05, 0) is 30.2 Å². The topological polar surface area (TPSA) is 55.8 Å². The van der Waals surface area contributed by atoms with E-state index in [-0.39, 0.29) is 12.6 Å². The van der Waals surface area contributed by atoms with Gasteiger partial charge in [-0.3, -0.25) is 0 Å². The van der Waals surface area contributed by atoms with E-state index in [2.05, 4.69) is 4.74 Å². The molecule has 1 N–H and O–H groups in total. The number of esters is 1. The SMILES string of the molecule is COC(=O)c1ccc2c(c1)COC[C@]2(C)O. The Morgan fingerprint density at radius 1 is 1.56 bits per heavy atom. The average molecular weight is 222 g/mol. The molecule has 1 aliphatic rings. The molecule has 1 atom stereocenters. The highest BCUT2D eigenvalue weighted by Gasteiger charge is 2.30. The summed E-state index contributed by atoms with van der Waals surface area (Å²) in [4.78, 5) is 11.3. The fourth-order valence-corrected chi connectivity index (χ4v) is 1.92. The van der Waals surface area contributed by atoms with Gasteiger partial charge in [0.05, 0.1) is 25.9 Å². The average Bonchev–Trinajstić information content (AvgIpc) is 2.27. The lowest BCUT2D eigenvalue weighted by Crippen LogP contribution is -2.33. The molecule has 0 saturated heterocycles. The van der Waals surface area contributed by atoms with Gasteiger partial charge in [0, 0.05) is 0 Å². The normalized spacial score (nSPS) is 23.7. The van der Waals surface area contributed by atoms with Crippen LogP contribution in [0.25, 0.3) is 0 Å². The number of carbonyl (C=O) groups is 1. The predicted octanol–water partition coefficient (Wildman–Crippen LogP) is 1.21. The second-order valence-electron chi connectivity index (χ2n) is 4.13. The molecule has 4 heteroatoms. The van der Waals surface area contributed by atoms with Gasteiger partial charge in [-0.2, -0.15) is 0 Å². The first-order chi connectivity index (χ1) is 7.54. The number of fused-ring (bicyclic) bond motifs is 1. The molecule has 0 unspecified atom stereocenters.